The van der Waals surface area contributed by atoms with Crippen LogP contribution in [0.4, 0.5) is 0 Å². The molecule has 1 amide bonds. The summed E-state index contributed by atoms with van der Waals surface area (Å²) < 4.78 is 6.17. The van der Waals surface area contributed by atoms with Gasteiger partial charge >= 0.3 is 0 Å². The maximum atomic E-state index is 12.4. The summed E-state index contributed by atoms with van der Waals surface area (Å²) in [5, 5.41) is 13.0. The minimum atomic E-state index is -0.552. The Balaban J connectivity index is 3.00. The molecule has 0 fully saturated rings. The van der Waals surface area contributed by atoms with Crippen LogP contribution < -0.4 is 11.0 Å². The van der Waals surface area contributed by atoms with Crippen LogP contribution in [0.15, 0.2) is 16.0 Å². The van der Waals surface area contributed by atoms with Gasteiger partial charge in [-0.25, -0.2) is 5.43 Å². The van der Waals surface area contributed by atoms with Gasteiger partial charge in [0, 0.05) is 30.5 Å². The van der Waals surface area contributed by atoms with Gasteiger partial charge in [0.15, 0.2) is 0 Å². The second-order valence-electron chi connectivity index (χ2n) is 5.38. The second-order valence-corrected chi connectivity index (χ2v) is 5.38. The quantitative estimate of drug-likeness (QED) is 0.581. The molecule has 1 aromatic rings. The summed E-state index contributed by atoms with van der Waals surface area (Å²) in [6, 6.07) is 3.49. The van der Waals surface area contributed by atoms with Crippen LogP contribution in [0.5, 0.6) is 0 Å². The number of ether oxygens (including phenoxy) is 1. The number of aryl methyl sites for hydroxylation is 1. The highest BCUT2D eigenvalue weighted by molar-refractivity contribution is 6.00. The third-order valence-electron chi connectivity index (χ3n) is 3.18. The molecule has 0 aliphatic rings. The van der Waals surface area contributed by atoms with Crippen LogP contribution in [0.1, 0.15) is 37.1 Å². The number of methoxy groups -OCH3 is 1. The third-order valence-corrected chi connectivity index (χ3v) is 3.18. The first kappa shape index (κ1) is 19.3. The van der Waals surface area contributed by atoms with Gasteiger partial charge in [0.25, 0.3) is 11.5 Å². The minimum absolute atomic E-state index is 0.0495. The lowest BCUT2D eigenvalue weighted by atomic mass is 10.1. The number of carbonyl (C=O) groups is 2. The van der Waals surface area contributed by atoms with E-state index in [1.165, 1.54) is 18.6 Å². The van der Waals surface area contributed by atoms with Gasteiger partial charge in [-0.2, -0.15) is 10.4 Å². The predicted octanol–water partition coefficient (Wildman–Crippen LogP) is 0.646. The van der Waals surface area contributed by atoms with Gasteiger partial charge in [-0.3, -0.25) is 14.4 Å². The van der Waals surface area contributed by atoms with E-state index in [1.807, 2.05) is 6.07 Å². The Hall–Kier alpha value is -2.79. The molecule has 0 saturated carbocycles. The molecule has 0 spiro atoms. The first-order valence-electron chi connectivity index (χ1n) is 7.24. The van der Waals surface area contributed by atoms with Gasteiger partial charge in [0.2, 0.25) is 0 Å². The van der Waals surface area contributed by atoms with Gasteiger partial charge < -0.3 is 9.30 Å². The fourth-order valence-corrected chi connectivity index (χ4v) is 2.16. The molecular weight excluding hydrogens is 312 g/mol. The number of nitrogens with zero attached hydrogens (tertiary/aromatic N) is 3. The number of amides is 1. The van der Waals surface area contributed by atoms with Crippen LogP contribution in [-0.2, 0) is 27.5 Å². The molecule has 1 rings (SSSR count). The minimum Gasteiger partial charge on any atom is -0.380 e. The lowest BCUT2D eigenvalue weighted by molar-refractivity contribution is -0.121. The number of hydrogen-bond donors (Lipinski definition) is 1. The van der Waals surface area contributed by atoms with Gasteiger partial charge in [-0.15, -0.1) is 0 Å². The second kappa shape index (κ2) is 8.74. The van der Waals surface area contributed by atoms with E-state index in [9.17, 15) is 14.4 Å². The molecule has 0 radical (unpaired) electrons. The van der Waals surface area contributed by atoms with E-state index < -0.39 is 11.5 Å². The molecule has 0 unspecified atom stereocenters. The van der Waals surface area contributed by atoms with Crippen LogP contribution in [0.2, 0.25) is 0 Å². The van der Waals surface area contributed by atoms with Crippen LogP contribution in [0.3, 0.4) is 0 Å². The standard InChI is InChI=1S/C16H20N4O4/c1-10(5-12(3)21)18-19-15(22)8-20-11(2)6-13(9-24-4)14(7-17)16(20)23/h6H,5,8-9H2,1-4H3,(H,19,22)/b18-10-. The topological polar surface area (TPSA) is 114 Å². The maximum absolute atomic E-state index is 12.4. The molecule has 0 atom stereocenters. The maximum Gasteiger partial charge on any atom is 0.269 e. The molecule has 0 saturated heterocycles. The number of hydrogen-bond acceptors (Lipinski definition) is 6. The highest BCUT2D eigenvalue weighted by Gasteiger charge is 2.14. The van der Waals surface area contributed by atoms with Crippen molar-refractivity contribution in [2.45, 2.75) is 40.3 Å². The van der Waals surface area contributed by atoms with Crippen LogP contribution in [-0.4, -0.2) is 29.1 Å². The smallest absolute Gasteiger partial charge is 0.269 e. The largest absolute Gasteiger partial charge is 0.380 e. The van der Waals surface area contributed by atoms with E-state index in [0.717, 1.165) is 0 Å². The summed E-state index contributed by atoms with van der Waals surface area (Å²) in [5.41, 5.74) is 3.18. The molecule has 0 aromatic carbocycles. The molecular formula is C16H20N4O4. The van der Waals surface area contributed by atoms with Crippen molar-refractivity contribution in [1.29, 1.82) is 5.26 Å². The number of nitrogens with one attached hydrogen (secondary N) is 1. The average Bonchev–Trinajstić information content (AvgIpc) is 2.49. The normalized spacial score (nSPS) is 11.0. The molecule has 8 heteroatoms. The van der Waals surface area contributed by atoms with E-state index in [0.29, 0.717) is 17.0 Å². The Morgan fingerprint density at radius 2 is 2.08 bits per heavy atom. The number of aromatic nitrogens is 1. The summed E-state index contributed by atoms with van der Waals surface area (Å²) in [7, 11) is 1.47. The van der Waals surface area contributed by atoms with Gasteiger partial charge in [0.1, 0.15) is 24.0 Å². The number of hydrazone groups is 1. The summed E-state index contributed by atoms with van der Waals surface area (Å²) >= 11 is 0. The molecule has 1 aromatic heterocycles. The van der Waals surface area contributed by atoms with Gasteiger partial charge in [-0.1, -0.05) is 0 Å². The van der Waals surface area contributed by atoms with Crippen molar-refractivity contribution in [2.75, 3.05) is 7.11 Å². The summed E-state index contributed by atoms with van der Waals surface area (Å²) in [4.78, 5) is 35.3. The molecule has 0 aliphatic carbocycles. The van der Waals surface area contributed by atoms with Crippen molar-refractivity contribution >= 4 is 17.4 Å². The monoisotopic (exact) mass is 332 g/mol. The van der Waals surface area contributed by atoms with Crippen molar-refractivity contribution < 1.29 is 14.3 Å². The first-order chi connectivity index (χ1) is 11.3. The number of ketones is 1. The van der Waals surface area contributed by atoms with Crippen molar-refractivity contribution in [3.8, 4) is 6.07 Å². The van der Waals surface area contributed by atoms with Crippen molar-refractivity contribution in [1.82, 2.24) is 9.99 Å². The van der Waals surface area contributed by atoms with Crippen molar-refractivity contribution in [2.24, 2.45) is 5.10 Å². The molecule has 8 nitrogen and oxygen atoms in total. The van der Waals surface area contributed by atoms with E-state index in [2.05, 4.69) is 10.5 Å². The van der Waals surface area contributed by atoms with E-state index >= 15 is 0 Å². The zero-order valence-electron chi connectivity index (χ0n) is 14.2. The van der Waals surface area contributed by atoms with E-state index in [-0.39, 0.29) is 30.9 Å². The lowest BCUT2D eigenvalue weighted by Gasteiger charge is -2.12. The SMILES string of the molecule is COCc1cc(C)n(CC(=O)N/N=C(/C)CC(C)=O)c(=O)c1C#N. The average molecular weight is 332 g/mol. The zero-order valence-corrected chi connectivity index (χ0v) is 14.2. The number of nitriles is 1. The fraction of sp³-hybridized carbons (Fsp3) is 0.438. The number of carbonyl (C=O) groups excluding carboxylic acids is 2. The lowest BCUT2D eigenvalue weighted by Crippen LogP contribution is -2.33. The molecule has 128 valence electrons. The molecule has 24 heavy (non-hydrogen) atoms. The zero-order chi connectivity index (χ0) is 18.3. The Morgan fingerprint density at radius 3 is 2.62 bits per heavy atom. The predicted molar refractivity (Wildman–Crippen MR) is 87.4 cm³/mol. The van der Waals surface area contributed by atoms with Crippen LogP contribution >= 0.6 is 0 Å². The molecule has 1 heterocycles. The summed E-state index contributed by atoms with van der Waals surface area (Å²) in [6.07, 6.45) is 0.142. The fourth-order valence-electron chi connectivity index (χ4n) is 2.16. The van der Waals surface area contributed by atoms with E-state index in [1.54, 1.807) is 19.9 Å². The highest BCUT2D eigenvalue weighted by atomic mass is 16.5. The van der Waals surface area contributed by atoms with Gasteiger partial charge in [-0.05, 0) is 26.8 Å². The first-order valence-corrected chi connectivity index (χ1v) is 7.24. The van der Waals surface area contributed by atoms with Crippen LogP contribution in [0, 0.1) is 18.3 Å². The highest BCUT2D eigenvalue weighted by Crippen LogP contribution is 2.08. The molecule has 0 bridgehead atoms. The van der Waals surface area contributed by atoms with E-state index in [4.69, 9.17) is 10.00 Å². The Morgan fingerprint density at radius 1 is 1.42 bits per heavy atom. The molecule has 1 N–H and O–H groups in total. The number of rotatable bonds is 7. The Labute approximate surface area is 139 Å². The Bertz CT molecular complexity index is 772. The van der Waals surface area contributed by atoms with Crippen molar-refractivity contribution in [3.05, 3.63) is 33.2 Å². The van der Waals surface area contributed by atoms with Crippen LogP contribution in [0.25, 0.3) is 0 Å². The summed E-state index contributed by atoms with van der Waals surface area (Å²) in [6.45, 7) is 4.57. The van der Waals surface area contributed by atoms with Crippen molar-refractivity contribution in [3.63, 3.8) is 0 Å². The number of Topliss-reactive ketones (excluding diaryl/α,β-unsaturated/α-hetero) is 1. The number of pyridine rings is 1. The molecule has 0 aliphatic heterocycles. The Kier molecular flexibility index (Phi) is 7.01. The third kappa shape index (κ3) is 5.14. The van der Waals surface area contributed by atoms with Gasteiger partial charge in [0.05, 0.1) is 6.61 Å². The summed E-state index contributed by atoms with van der Waals surface area (Å²) in [5.74, 6) is -0.587.